The number of esters is 2. The van der Waals surface area contributed by atoms with Crippen LogP contribution in [0.5, 0.6) is 5.75 Å². The molecular formula is C26H33NO9. The fourth-order valence-corrected chi connectivity index (χ4v) is 5.34. The molecule has 3 heterocycles. The van der Waals surface area contributed by atoms with Crippen molar-refractivity contribution in [2.75, 3.05) is 33.3 Å². The summed E-state index contributed by atoms with van der Waals surface area (Å²) in [7, 11) is 5.72. The first-order valence-electron chi connectivity index (χ1n) is 11.6. The Morgan fingerprint density at radius 3 is 1.89 bits per heavy atom. The van der Waals surface area contributed by atoms with Gasteiger partial charge in [0.2, 0.25) is 0 Å². The summed E-state index contributed by atoms with van der Waals surface area (Å²) >= 11 is 0. The monoisotopic (exact) mass is 503 g/mol. The highest BCUT2D eigenvalue weighted by Crippen LogP contribution is 2.48. The highest BCUT2D eigenvalue weighted by Gasteiger charge is 2.59. The summed E-state index contributed by atoms with van der Waals surface area (Å²) in [5.74, 6) is -2.23. The number of hydrogen-bond acceptors (Lipinski definition) is 10. The number of rotatable bonds is 6. The van der Waals surface area contributed by atoms with E-state index in [1.165, 1.54) is 21.3 Å². The molecule has 0 N–H and O–H groups in total. The molecule has 4 rings (SSSR count). The number of benzene rings is 1. The van der Waals surface area contributed by atoms with E-state index in [2.05, 4.69) is 0 Å². The van der Waals surface area contributed by atoms with Gasteiger partial charge < -0.3 is 38.1 Å². The summed E-state index contributed by atoms with van der Waals surface area (Å²) in [5.41, 5.74) is 2.41. The second-order valence-electron chi connectivity index (χ2n) is 9.26. The first-order valence-corrected chi connectivity index (χ1v) is 11.6. The standard InChI is InChI=1S/C26H33NO9/c1-13-17(23(28)32-7)19(20-21(31-6)22-25(34-20)36-26(3,4)35-22)18(24(29)33-8)14(2)27(13)15-9-11-16(30-5)12-10-15/h9-12,19-22,25H,1-8H3/t20-,21+,22-,25-/m0/s1. The van der Waals surface area contributed by atoms with Crippen LogP contribution in [0.4, 0.5) is 5.69 Å². The molecule has 196 valence electrons. The first-order chi connectivity index (χ1) is 17.1. The van der Waals surface area contributed by atoms with Gasteiger partial charge in [0.15, 0.2) is 12.1 Å². The van der Waals surface area contributed by atoms with Crippen molar-refractivity contribution >= 4 is 17.6 Å². The third kappa shape index (κ3) is 4.28. The van der Waals surface area contributed by atoms with Crippen molar-refractivity contribution in [1.29, 1.82) is 0 Å². The second-order valence-corrected chi connectivity index (χ2v) is 9.26. The normalized spacial score (nSPS) is 27.8. The Balaban J connectivity index is 1.87. The minimum atomic E-state index is -0.858. The van der Waals surface area contributed by atoms with Crippen LogP contribution in [0.15, 0.2) is 46.8 Å². The topological polar surface area (TPSA) is 102 Å². The molecule has 2 saturated heterocycles. The largest absolute Gasteiger partial charge is 0.497 e. The summed E-state index contributed by atoms with van der Waals surface area (Å²) in [4.78, 5) is 28.4. The van der Waals surface area contributed by atoms with E-state index in [0.29, 0.717) is 17.1 Å². The fraction of sp³-hybridized carbons (Fsp3) is 0.538. The zero-order valence-electron chi connectivity index (χ0n) is 21.8. The average molecular weight is 504 g/mol. The van der Waals surface area contributed by atoms with E-state index in [0.717, 1.165) is 5.69 Å². The van der Waals surface area contributed by atoms with Crippen molar-refractivity contribution in [3.8, 4) is 5.75 Å². The highest BCUT2D eigenvalue weighted by atomic mass is 16.8. The van der Waals surface area contributed by atoms with E-state index in [-0.39, 0.29) is 11.1 Å². The maximum atomic E-state index is 13.3. The second kappa shape index (κ2) is 9.85. The molecule has 0 bridgehead atoms. The van der Waals surface area contributed by atoms with Gasteiger partial charge in [-0.15, -0.1) is 0 Å². The van der Waals surface area contributed by atoms with Crippen molar-refractivity contribution in [3.05, 3.63) is 46.8 Å². The zero-order chi connectivity index (χ0) is 26.4. The van der Waals surface area contributed by atoms with Gasteiger partial charge in [-0.3, -0.25) is 0 Å². The van der Waals surface area contributed by atoms with Gasteiger partial charge in [-0.2, -0.15) is 0 Å². The fourth-order valence-electron chi connectivity index (χ4n) is 5.34. The quantitative estimate of drug-likeness (QED) is 0.539. The van der Waals surface area contributed by atoms with E-state index < -0.39 is 48.2 Å². The van der Waals surface area contributed by atoms with Crippen LogP contribution in [-0.2, 0) is 38.0 Å². The van der Waals surface area contributed by atoms with Crippen LogP contribution in [0.3, 0.4) is 0 Å². The molecule has 0 saturated carbocycles. The summed E-state index contributed by atoms with van der Waals surface area (Å²) in [6, 6.07) is 7.29. The molecule has 2 fully saturated rings. The van der Waals surface area contributed by atoms with Crippen molar-refractivity contribution < 1.29 is 42.7 Å². The maximum absolute atomic E-state index is 13.3. The number of ether oxygens (including phenoxy) is 7. The Morgan fingerprint density at radius 1 is 0.861 bits per heavy atom. The van der Waals surface area contributed by atoms with Crippen LogP contribution in [0.1, 0.15) is 27.7 Å². The van der Waals surface area contributed by atoms with Crippen LogP contribution < -0.4 is 9.64 Å². The van der Waals surface area contributed by atoms with Crippen LogP contribution in [-0.4, -0.2) is 70.8 Å². The summed E-state index contributed by atoms with van der Waals surface area (Å²) in [5, 5.41) is 0. The number of carbonyl (C=O) groups is 2. The Kier molecular flexibility index (Phi) is 7.16. The number of carbonyl (C=O) groups excluding carboxylic acids is 2. The number of fused-ring (bicyclic) bond motifs is 1. The molecule has 0 amide bonds. The molecule has 0 aliphatic carbocycles. The maximum Gasteiger partial charge on any atom is 0.336 e. The van der Waals surface area contributed by atoms with Gasteiger partial charge in [-0.25, -0.2) is 9.59 Å². The molecule has 36 heavy (non-hydrogen) atoms. The Labute approximate surface area is 210 Å². The number of hydrogen-bond donors (Lipinski definition) is 0. The molecule has 4 atom stereocenters. The summed E-state index contributed by atoms with van der Waals surface area (Å²) in [6.45, 7) is 7.18. The average Bonchev–Trinajstić information content (AvgIpc) is 3.34. The van der Waals surface area contributed by atoms with Crippen LogP contribution in [0.25, 0.3) is 0 Å². The molecule has 10 heteroatoms. The highest BCUT2D eigenvalue weighted by molar-refractivity contribution is 6.00. The van der Waals surface area contributed by atoms with Crippen molar-refractivity contribution in [1.82, 2.24) is 0 Å². The minimum absolute atomic E-state index is 0.255. The Hall–Kier alpha value is -2.92. The van der Waals surface area contributed by atoms with Gasteiger partial charge in [0.05, 0.1) is 38.4 Å². The third-order valence-electron chi connectivity index (χ3n) is 6.84. The van der Waals surface area contributed by atoms with Crippen molar-refractivity contribution in [2.45, 2.75) is 58.1 Å². The number of methoxy groups -OCH3 is 4. The minimum Gasteiger partial charge on any atom is -0.497 e. The van der Waals surface area contributed by atoms with Gasteiger partial charge in [-0.05, 0) is 52.0 Å². The number of anilines is 1. The van der Waals surface area contributed by atoms with Gasteiger partial charge in [0.1, 0.15) is 24.1 Å². The van der Waals surface area contributed by atoms with Gasteiger partial charge >= 0.3 is 11.9 Å². The summed E-state index contributed by atoms with van der Waals surface area (Å²) < 4.78 is 39.7. The number of nitrogens with zero attached hydrogens (tertiary/aromatic N) is 1. The Morgan fingerprint density at radius 2 is 1.42 bits per heavy atom. The molecule has 10 nitrogen and oxygen atoms in total. The predicted octanol–water partition coefficient (Wildman–Crippen LogP) is 2.92. The molecule has 0 aromatic heterocycles. The lowest BCUT2D eigenvalue weighted by atomic mass is 9.78. The lowest BCUT2D eigenvalue weighted by Gasteiger charge is -2.40. The molecular weight excluding hydrogens is 470 g/mol. The van der Waals surface area contributed by atoms with E-state index in [1.54, 1.807) is 46.9 Å². The van der Waals surface area contributed by atoms with Gasteiger partial charge in [-0.1, -0.05) is 0 Å². The molecule has 0 spiro atoms. The zero-order valence-corrected chi connectivity index (χ0v) is 21.8. The van der Waals surface area contributed by atoms with E-state index in [9.17, 15) is 9.59 Å². The Bertz CT molecular complexity index is 1050. The van der Waals surface area contributed by atoms with Crippen molar-refractivity contribution in [2.24, 2.45) is 5.92 Å². The first kappa shape index (κ1) is 26.2. The lowest BCUT2D eigenvalue weighted by Crippen LogP contribution is -2.46. The lowest BCUT2D eigenvalue weighted by molar-refractivity contribution is -0.220. The van der Waals surface area contributed by atoms with Crippen LogP contribution in [0.2, 0.25) is 0 Å². The smallest absolute Gasteiger partial charge is 0.336 e. The van der Waals surface area contributed by atoms with Crippen molar-refractivity contribution in [3.63, 3.8) is 0 Å². The van der Waals surface area contributed by atoms with Gasteiger partial charge in [0.25, 0.3) is 0 Å². The molecule has 0 unspecified atom stereocenters. The van der Waals surface area contributed by atoms with Gasteiger partial charge in [0, 0.05) is 24.2 Å². The third-order valence-corrected chi connectivity index (χ3v) is 6.84. The molecule has 1 aromatic rings. The predicted molar refractivity (Wildman–Crippen MR) is 128 cm³/mol. The number of allylic oxidation sites excluding steroid dienone is 2. The molecule has 1 aromatic carbocycles. The molecule has 3 aliphatic rings. The SMILES string of the molecule is COC(=O)C1=C(C)N(c2ccc(OC)cc2)C(C)=C(C(=O)OC)C1[C@@H]1O[C@H]2OC(C)(C)O[C@H]2[C@@H]1OC. The molecule has 0 radical (unpaired) electrons. The van der Waals surface area contributed by atoms with E-state index in [4.69, 9.17) is 33.2 Å². The van der Waals surface area contributed by atoms with E-state index in [1.807, 2.05) is 17.0 Å². The van der Waals surface area contributed by atoms with Crippen LogP contribution >= 0.6 is 0 Å². The molecule has 3 aliphatic heterocycles. The summed E-state index contributed by atoms with van der Waals surface area (Å²) in [6.07, 6.45) is -2.69. The van der Waals surface area contributed by atoms with E-state index >= 15 is 0 Å². The van der Waals surface area contributed by atoms with Crippen LogP contribution in [0, 0.1) is 5.92 Å².